The third-order valence-electron chi connectivity index (χ3n) is 2.51. The number of aliphatic hydroxyl groups is 4. The summed E-state index contributed by atoms with van der Waals surface area (Å²) >= 11 is 0. The van der Waals surface area contributed by atoms with Gasteiger partial charge in [0.15, 0.2) is 0 Å². The van der Waals surface area contributed by atoms with E-state index in [-0.39, 0.29) is 17.1 Å². The predicted molar refractivity (Wildman–Crippen MR) is 59.2 cm³/mol. The molecule has 0 bridgehead atoms. The number of aliphatic hydroxyl groups excluding tert-OH is 4. The molecule has 0 radical (unpaired) electrons. The summed E-state index contributed by atoms with van der Waals surface area (Å²) in [6.07, 6.45) is -4.71. The third-order valence-corrected chi connectivity index (χ3v) is 2.51. The Bertz CT molecular complexity index is 419. The number of furan rings is 1. The molecule has 1 heterocycles. The summed E-state index contributed by atoms with van der Waals surface area (Å²) in [5.41, 5.74) is 2.01. The highest BCUT2D eigenvalue weighted by molar-refractivity contribution is 5.94. The van der Waals surface area contributed by atoms with Crippen LogP contribution in [-0.2, 0) is 0 Å². The maximum absolute atomic E-state index is 11.3. The van der Waals surface area contributed by atoms with Gasteiger partial charge in [0.2, 0.25) is 0 Å². The number of rotatable bonds is 5. The van der Waals surface area contributed by atoms with Crippen LogP contribution in [0.5, 0.6) is 0 Å². The minimum Gasteiger partial charge on any atom is -0.463 e. The fourth-order valence-corrected chi connectivity index (χ4v) is 1.44. The Morgan fingerprint density at radius 1 is 1.50 bits per heavy atom. The predicted octanol–water partition coefficient (Wildman–Crippen LogP) is -2.06. The van der Waals surface area contributed by atoms with Crippen molar-refractivity contribution in [3.63, 3.8) is 0 Å². The first-order valence-electron chi connectivity index (χ1n) is 5.18. The van der Waals surface area contributed by atoms with Crippen molar-refractivity contribution in [1.29, 1.82) is 0 Å². The molecule has 0 saturated heterocycles. The minimum atomic E-state index is -1.63. The largest absolute Gasteiger partial charge is 0.463 e. The highest BCUT2D eigenvalue weighted by atomic mass is 16.4. The molecule has 102 valence electrons. The molecule has 0 spiro atoms. The summed E-state index contributed by atoms with van der Waals surface area (Å²) in [7, 11) is 0. The number of hydrazine groups is 1. The summed E-state index contributed by atoms with van der Waals surface area (Å²) in [5, 5.41) is 37.0. The highest BCUT2D eigenvalue weighted by Crippen LogP contribution is 2.24. The Kier molecular flexibility index (Phi) is 4.82. The van der Waals surface area contributed by atoms with Crippen LogP contribution in [0.15, 0.2) is 10.5 Å². The normalized spacial score (nSPS) is 16.1. The molecule has 1 aromatic rings. The highest BCUT2D eigenvalue weighted by Gasteiger charge is 2.29. The molecule has 0 aliphatic rings. The summed E-state index contributed by atoms with van der Waals surface area (Å²) in [4.78, 5) is 11.3. The number of nitrogens with two attached hydrogens (primary N) is 1. The number of carbonyl (C=O) groups excluding carboxylic acids is 1. The molecule has 8 heteroatoms. The van der Waals surface area contributed by atoms with Gasteiger partial charge in [-0.2, -0.15) is 0 Å². The van der Waals surface area contributed by atoms with Crippen molar-refractivity contribution in [2.75, 3.05) is 6.61 Å². The van der Waals surface area contributed by atoms with Gasteiger partial charge in [-0.1, -0.05) is 0 Å². The first-order valence-corrected chi connectivity index (χ1v) is 5.18. The van der Waals surface area contributed by atoms with Crippen LogP contribution in [0.4, 0.5) is 0 Å². The zero-order chi connectivity index (χ0) is 13.9. The molecule has 0 aliphatic heterocycles. The summed E-state index contributed by atoms with van der Waals surface area (Å²) in [6, 6.07) is 1.20. The molecule has 1 rings (SSSR count). The van der Waals surface area contributed by atoms with Crippen molar-refractivity contribution in [3.05, 3.63) is 23.2 Å². The maximum Gasteiger partial charge on any atom is 0.268 e. The van der Waals surface area contributed by atoms with Crippen LogP contribution in [-0.4, -0.2) is 45.1 Å². The number of carbonyl (C=O) groups is 1. The van der Waals surface area contributed by atoms with Crippen molar-refractivity contribution in [2.24, 2.45) is 5.84 Å². The zero-order valence-electron chi connectivity index (χ0n) is 9.70. The summed E-state index contributed by atoms with van der Waals surface area (Å²) in [5.74, 6) is 4.46. The Balaban J connectivity index is 2.94. The van der Waals surface area contributed by atoms with E-state index in [0.717, 1.165) is 0 Å². The number of hydrogen-bond donors (Lipinski definition) is 6. The van der Waals surface area contributed by atoms with Crippen LogP contribution in [0.1, 0.15) is 28.0 Å². The van der Waals surface area contributed by atoms with E-state index >= 15 is 0 Å². The van der Waals surface area contributed by atoms with Gasteiger partial charge in [-0.15, -0.1) is 0 Å². The molecule has 1 amide bonds. The molecule has 18 heavy (non-hydrogen) atoms. The van der Waals surface area contributed by atoms with E-state index in [1.54, 1.807) is 0 Å². The lowest BCUT2D eigenvalue weighted by molar-refractivity contribution is -0.0837. The van der Waals surface area contributed by atoms with E-state index in [1.807, 2.05) is 5.43 Å². The van der Waals surface area contributed by atoms with Gasteiger partial charge in [0.05, 0.1) is 12.2 Å². The SMILES string of the molecule is Cc1oc([C@@H](O)[C@@H](O)[C@H](O)CO)cc1C(=O)NN. The number of hydrogen-bond acceptors (Lipinski definition) is 7. The van der Waals surface area contributed by atoms with Crippen molar-refractivity contribution in [3.8, 4) is 0 Å². The van der Waals surface area contributed by atoms with Gasteiger partial charge in [-0.05, 0) is 13.0 Å². The van der Waals surface area contributed by atoms with E-state index in [2.05, 4.69) is 0 Å². The van der Waals surface area contributed by atoms with E-state index in [1.165, 1.54) is 13.0 Å². The van der Waals surface area contributed by atoms with Crippen LogP contribution in [0.3, 0.4) is 0 Å². The zero-order valence-corrected chi connectivity index (χ0v) is 9.70. The molecule has 0 fully saturated rings. The molecule has 0 aliphatic carbocycles. The van der Waals surface area contributed by atoms with Crippen molar-refractivity contribution in [1.82, 2.24) is 5.43 Å². The lowest BCUT2D eigenvalue weighted by Crippen LogP contribution is -2.34. The van der Waals surface area contributed by atoms with E-state index in [0.29, 0.717) is 0 Å². The second kappa shape index (κ2) is 5.94. The monoisotopic (exact) mass is 260 g/mol. The van der Waals surface area contributed by atoms with Crippen molar-refractivity contribution < 1.29 is 29.6 Å². The third kappa shape index (κ3) is 2.86. The Morgan fingerprint density at radius 3 is 2.61 bits per heavy atom. The van der Waals surface area contributed by atoms with Crippen molar-refractivity contribution in [2.45, 2.75) is 25.2 Å². The van der Waals surface area contributed by atoms with E-state index < -0.39 is 30.8 Å². The molecule has 0 saturated carbocycles. The van der Waals surface area contributed by atoms with Gasteiger partial charge < -0.3 is 24.8 Å². The van der Waals surface area contributed by atoms with Gasteiger partial charge in [0, 0.05) is 0 Å². The Labute approximate surface area is 103 Å². The van der Waals surface area contributed by atoms with Crippen molar-refractivity contribution >= 4 is 5.91 Å². The maximum atomic E-state index is 11.3. The minimum absolute atomic E-state index is 0.105. The molecular formula is C10H16N2O6. The average Bonchev–Trinajstić information content (AvgIpc) is 2.77. The van der Waals surface area contributed by atoms with Gasteiger partial charge >= 0.3 is 0 Å². The topological polar surface area (TPSA) is 149 Å². The molecule has 0 unspecified atom stereocenters. The molecule has 0 aromatic carbocycles. The molecule has 1 aromatic heterocycles. The first-order chi connectivity index (χ1) is 8.42. The van der Waals surface area contributed by atoms with E-state index in [4.69, 9.17) is 15.4 Å². The second-order valence-electron chi connectivity index (χ2n) is 3.78. The fourth-order valence-electron chi connectivity index (χ4n) is 1.44. The average molecular weight is 260 g/mol. The number of aryl methyl sites for hydroxylation is 1. The van der Waals surface area contributed by atoms with Crippen LogP contribution in [0, 0.1) is 6.92 Å². The lowest BCUT2D eigenvalue weighted by Gasteiger charge is -2.19. The van der Waals surface area contributed by atoms with Gasteiger partial charge in [-0.25, -0.2) is 5.84 Å². The summed E-state index contributed by atoms with van der Waals surface area (Å²) < 4.78 is 5.10. The standard InChI is InChI=1S/C10H16N2O6/c1-4-5(10(17)12-11)2-7(18-4)9(16)8(15)6(14)3-13/h2,6,8-9,13-16H,3,11H2,1H3,(H,12,17)/t6-,8+,9-/m1/s1. The van der Waals surface area contributed by atoms with Gasteiger partial charge in [-0.3, -0.25) is 10.2 Å². The molecule has 7 N–H and O–H groups in total. The second-order valence-corrected chi connectivity index (χ2v) is 3.78. The number of amides is 1. The molecule has 3 atom stereocenters. The quantitative estimate of drug-likeness (QED) is 0.202. The van der Waals surface area contributed by atoms with Crippen LogP contribution >= 0.6 is 0 Å². The van der Waals surface area contributed by atoms with E-state index in [9.17, 15) is 20.1 Å². The van der Waals surface area contributed by atoms with Gasteiger partial charge in [0.1, 0.15) is 29.8 Å². The molecule has 8 nitrogen and oxygen atoms in total. The summed E-state index contributed by atoms with van der Waals surface area (Å²) in [6.45, 7) is 0.768. The Hall–Kier alpha value is -1.45. The Morgan fingerprint density at radius 2 is 2.11 bits per heavy atom. The van der Waals surface area contributed by atoms with Crippen LogP contribution in [0.2, 0.25) is 0 Å². The number of nitrogen functional groups attached to an aromatic ring is 1. The van der Waals surface area contributed by atoms with Gasteiger partial charge in [0.25, 0.3) is 5.91 Å². The van der Waals surface area contributed by atoms with Crippen LogP contribution in [0.25, 0.3) is 0 Å². The number of nitrogens with one attached hydrogen (secondary N) is 1. The smallest absolute Gasteiger partial charge is 0.268 e. The fraction of sp³-hybridized carbons (Fsp3) is 0.500. The molecular weight excluding hydrogens is 244 g/mol. The van der Waals surface area contributed by atoms with Crippen LogP contribution < -0.4 is 11.3 Å². The first kappa shape index (κ1) is 14.6. The lowest BCUT2D eigenvalue weighted by atomic mass is 10.1.